The lowest BCUT2D eigenvalue weighted by Crippen LogP contribution is -2.34. The lowest BCUT2D eigenvalue weighted by atomic mass is 9.93. The van der Waals surface area contributed by atoms with Crippen LogP contribution in [0.1, 0.15) is 113 Å². The molecule has 6 N–H and O–H groups in total. The van der Waals surface area contributed by atoms with Gasteiger partial charge >= 0.3 is 0 Å². The smallest absolute Gasteiger partial charge is 0.166 e. The van der Waals surface area contributed by atoms with Crippen LogP contribution in [0.4, 0.5) is 0 Å². The van der Waals surface area contributed by atoms with E-state index in [2.05, 4.69) is 165 Å². The van der Waals surface area contributed by atoms with Gasteiger partial charge in [-0.05, 0) is 94.8 Å². The molecule has 0 fully saturated rings. The highest BCUT2D eigenvalue weighted by Gasteiger charge is 2.05. The van der Waals surface area contributed by atoms with E-state index in [0.29, 0.717) is 11.8 Å². The molecule has 3 rings (SSSR count). The topological polar surface area (TPSA) is 72.2 Å². The van der Waals surface area contributed by atoms with E-state index in [1.807, 2.05) is 76.5 Å². The van der Waals surface area contributed by atoms with Crippen molar-refractivity contribution >= 4 is 30.0 Å². The molecular weight excluding hydrogens is 749 g/mol. The average molecular weight is 850 g/mol. The molecule has 0 radical (unpaired) electrons. The van der Waals surface area contributed by atoms with Crippen molar-refractivity contribution in [3.8, 4) is 0 Å². The molecule has 342 valence electrons. The molecule has 0 saturated carbocycles. The first-order chi connectivity index (χ1) is 28.3. The second kappa shape index (κ2) is 55.9. The molecule has 0 aliphatic carbocycles. The van der Waals surface area contributed by atoms with Gasteiger partial charge in [0.15, 0.2) is 5.11 Å². The third-order valence-electron chi connectivity index (χ3n) is 7.71. The van der Waals surface area contributed by atoms with Gasteiger partial charge in [0.05, 0.1) is 0 Å². The van der Waals surface area contributed by atoms with Crippen molar-refractivity contribution < 1.29 is 8.56 Å². The molecule has 1 unspecified atom stereocenters. The van der Waals surface area contributed by atoms with Crippen LogP contribution in [0.5, 0.6) is 0 Å². The normalized spacial score (nSPS) is 10.2. The fourth-order valence-corrected chi connectivity index (χ4v) is 4.56. The Morgan fingerprint density at radius 3 is 1.48 bits per heavy atom. The minimum absolute atomic E-state index is 0. The van der Waals surface area contributed by atoms with Crippen LogP contribution in [0.25, 0.3) is 0 Å². The molecule has 3 aromatic carbocycles. The van der Waals surface area contributed by atoms with Crippen LogP contribution < -0.4 is 31.9 Å². The van der Waals surface area contributed by atoms with Crippen LogP contribution in [0.3, 0.4) is 0 Å². The second-order valence-corrected chi connectivity index (χ2v) is 13.4. The Labute approximate surface area is 379 Å². The lowest BCUT2D eigenvalue weighted by molar-refractivity contribution is 0.551. The Morgan fingerprint density at radius 1 is 0.672 bits per heavy atom. The summed E-state index contributed by atoms with van der Waals surface area (Å²) in [5.74, 6) is 1.98. The first-order valence-corrected chi connectivity index (χ1v) is 22.7. The summed E-state index contributed by atoms with van der Waals surface area (Å²) in [5, 5.41) is 19.4. The largest absolute Gasteiger partial charge is 0.366 e. The summed E-state index contributed by atoms with van der Waals surface area (Å²) in [7, 11) is 3.80. The van der Waals surface area contributed by atoms with Crippen LogP contribution in [-0.2, 0) is 0 Å². The molecule has 0 spiro atoms. The number of benzene rings is 3. The van der Waals surface area contributed by atoms with E-state index < -0.39 is 0 Å². The Bertz CT molecular complexity index is 1180. The average Bonchev–Trinajstić information content (AvgIpc) is 3.29. The van der Waals surface area contributed by atoms with Crippen molar-refractivity contribution in [3.05, 3.63) is 145 Å². The van der Waals surface area contributed by atoms with Gasteiger partial charge in [0.25, 0.3) is 0 Å². The fraction of sp³-hybridized carbons (Fsp3) is 0.500. The Kier molecular flexibility index (Phi) is 59.2. The highest BCUT2D eigenvalue weighted by atomic mass is 32.1. The maximum Gasteiger partial charge on any atom is 0.166 e. The van der Waals surface area contributed by atoms with Gasteiger partial charge in [-0.1, -0.05) is 202 Å². The first-order valence-electron chi connectivity index (χ1n) is 21.7. The van der Waals surface area contributed by atoms with E-state index >= 15 is 0 Å². The predicted octanol–water partition coefficient (Wildman–Crippen LogP) is 12.9. The summed E-state index contributed by atoms with van der Waals surface area (Å²) in [6.07, 6.45) is 16.0. The van der Waals surface area contributed by atoms with Crippen molar-refractivity contribution in [2.75, 3.05) is 65.8 Å². The first kappa shape index (κ1) is 61.4. The molecule has 3 aromatic rings. The van der Waals surface area contributed by atoms with E-state index in [1.54, 1.807) is 6.08 Å². The van der Waals surface area contributed by atoms with E-state index in [9.17, 15) is 0 Å². The molecule has 0 aliphatic heterocycles. The van der Waals surface area contributed by atoms with E-state index in [0.717, 1.165) is 69.6 Å². The zero-order valence-corrected chi connectivity index (χ0v) is 40.2. The number of hydrogen-bond acceptors (Lipinski definition) is 6. The second-order valence-electron chi connectivity index (χ2n) is 12.7. The highest BCUT2D eigenvalue weighted by Crippen LogP contribution is 2.22. The number of allylic oxidation sites excluding steroid dienone is 5. The number of unbranched alkanes of at least 4 members (excludes halogenated alkanes) is 1. The third-order valence-corrected chi connectivity index (χ3v) is 8.29. The van der Waals surface area contributed by atoms with Gasteiger partial charge in [-0.25, -0.2) is 0 Å². The number of hydrogen-bond donors (Lipinski definition) is 7. The summed E-state index contributed by atoms with van der Waals surface area (Å²) in [5.41, 5.74) is 2.75. The highest BCUT2D eigenvalue weighted by molar-refractivity contribution is 7.80. The summed E-state index contributed by atoms with van der Waals surface area (Å²) >= 11 is 8.90. The van der Waals surface area contributed by atoms with Gasteiger partial charge in [0.1, 0.15) is 0 Å². The molecule has 0 bridgehead atoms. The molecule has 0 amide bonds. The van der Waals surface area contributed by atoms with Crippen LogP contribution in [0.15, 0.2) is 134 Å². The summed E-state index contributed by atoms with van der Waals surface area (Å²) in [6, 6.07) is 33.2. The molecule has 0 aliphatic rings. The van der Waals surface area contributed by atoms with Crippen LogP contribution >= 0.6 is 24.8 Å². The zero-order chi connectivity index (χ0) is 44.2. The van der Waals surface area contributed by atoms with Gasteiger partial charge in [-0.3, -0.25) is 0 Å². The summed E-state index contributed by atoms with van der Waals surface area (Å²) in [6.45, 7) is 28.0. The summed E-state index contributed by atoms with van der Waals surface area (Å²) < 4.78 is 0. The SMILES string of the molecule is C=C/C=C\C=C/CC(C)CNC.CC.CC(c1ccccc1)c1ccccc1.CCCC.CCNCCCNC(=S)NC.CCNCCCNCS.[HH].[HH].[HH].[HH].[HH].[HH].c1ccccc1. The number of nitrogens with one attached hydrogen (secondary N) is 6. The third kappa shape index (κ3) is 50.8. The van der Waals surface area contributed by atoms with Crippen LogP contribution in [0, 0.1) is 5.92 Å². The van der Waals surface area contributed by atoms with E-state index in [1.165, 1.54) is 30.4 Å². The maximum absolute atomic E-state index is 4.89. The van der Waals surface area contributed by atoms with Crippen molar-refractivity contribution in [1.29, 1.82) is 0 Å². The fourth-order valence-electron chi connectivity index (χ4n) is 4.30. The van der Waals surface area contributed by atoms with Crippen LogP contribution in [0.2, 0.25) is 0 Å². The Balaban J connectivity index is -0.0000000685. The van der Waals surface area contributed by atoms with Crippen molar-refractivity contribution in [2.45, 2.75) is 93.4 Å². The molecule has 58 heavy (non-hydrogen) atoms. The van der Waals surface area contributed by atoms with Gasteiger partial charge in [-0.2, -0.15) is 12.6 Å². The summed E-state index contributed by atoms with van der Waals surface area (Å²) in [4.78, 5) is 0. The predicted molar refractivity (Wildman–Crippen MR) is 285 cm³/mol. The minimum Gasteiger partial charge on any atom is -0.366 e. The maximum atomic E-state index is 4.89. The minimum atomic E-state index is 0. The number of thiol groups is 1. The Morgan fingerprint density at radius 2 is 1.10 bits per heavy atom. The molecule has 6 nitrogen and oxygen atoms in total. The zero-order valence-electron chi connectivity index (χ0n) is 38.5. The molecule has 0 heterocycles. The lowest BCUT2D eigenvalue weighted by Gasteiger charge is -2.11. The van der Waals surface area contributed by atoms with E-state index in [4.69, 9.17) is 12.2 Å². The molecule has 8 heteroatoms. The monoisotopic (exact) mass is 849 g/mol. The van der Waals surface area contributed by atoms with Crippen molar-refractivity contribution in [3.63, 3.8) is 0 Å². The van der Waals surface area contributed by atoms with Crippen molar-refractivity contribution in [1.82, 2.24) is 31.9 Å². The van der Waals surface area contributed by atoms with Crippen molar-refractivity contribution in [2.24, 2.45) is 5.92 Å². The number of thiocarbonyl (C=S) groups is 1. The molecule has 1 atom stereocenters. The van der Waals surface area contributed by atoms with Gasteiger partial charge in [0.2, 0.25) is 0 Å². The Hall–Kier alpha value is -3.24. The van der Waals surface area contributed by atoms with Gasteiger partial charge in [-0.15, -0.1) is 0 Å². The quantitative estimate of drug-likeness (QED) is 0.0201. The van der Waals surface area contributed by atoms with Gasteiger partial charge in [0, 0.05) is 33.9 Å². The molecule has 0 aromatic heterocycles. The van der Waals surface area contributed by atoms with Crippen LogP contribution in [-0.4, -0.2) is 70.9 Å². The van der Waals surface area contributed by atoms with E-state index in [-0.39, 0.29) is 8.56 Å². The molecular formula is C50H100N6S2. The van der Waals surface area contributed by atoms with Gasteiger partial charge < -0.3 is 31.9 Å². The number of rotatable bonds is 20. The standard InChI is InChI=1S/C14H14.C11H19N.C7H17N3S.C6H16N2S.C6H6.C4H10.C2H6.6H2/c1-12(13-8-4-2-5-9-13)14-10-6-3-7-11-14;1-4-5-6-7-8-9-11(2)10-12-3;1-3-9-5-4-6-10-7(11)8-2;1-2-7-4-3-5-8-6-9;1-2-4-6-5-3-1;1-3-4-2;1-2;;;;;;/h2-12H,1H3;4-8,11-12H,1,9-10H2,2-3H3;9H,3-6H2,1-2H3,(H2,8,10,11);7-9H,2-6H2,1H3;1-6H;3-4H2,1-2H3;1-2H3;6*1H/b;6-5-,8-7-;;;;;;;;;;;. The molecule has 0 saturated heterocycles.